The lowest BCUT2D eigenvalue weighted by Crippen LogP contribution is -2.00. The van der Waals surface area contributed by atoms with Crippen LogP contribution in [0.3, 0.4) is 0 Å². The molecule has 3 rings (SSSR count). The van der Waals surface area contributed by atoms with Crippen molar-refractivity contribution in [2.24, 2.45) is 0 Å². The van der Waals surface area contributed by atoms with Crippen molar-refractivity contribution in [2.45, 2.75) is 11.8 Å². The van der Waals surface area contributed by atoms with Gasteiger partial charge in [-0.15, -0.1) is 0 Å². The summed E-state index contributed by atoms with van der Waals surface area (Å²) in [4.78, 5) is 8.47. The zero-order valence-electron chi connectivity index (χ0n) is 11.4. The maximum atomic E-state index is 11.4. The van der Waals surface area contributed by atoms with Gasteiger partial charge < -0.3 is 4.74 Å². The monoisotopic (exact) mass is 304 g/mol. The van der Waals surface area contributed by atoms with Crippen LogP contribution in [0.2, 0.25) is 0 Å². The minimum atomic E-state index is -3.22. The van der Waals surface area contributed by atoms with E-state index in [0.29, 0.717) is 17.4 Å². The standard InChI is InChI=1S/C13H12N4O3S/c1-9-7-12(17-13(16-9)14-8-15-17)20-10-3-5-11(6-4-10)21(2,18)19/h3-8H,1-2H3. The molecule has 0 unspecified atom stereocenters. The van der Waals surface area contributed by atoms with Crippen LogP contribution in [0.15, 0.2) is 41.6 Å². The second kappa shape index (κ2) is 4.81. The number of hydrogen-bond acceptors (Lipinski definition) is 6. The summed E-state index contributed by atoms with van der Waals surface area (Å²) in [5, 5.41) is 4.03. The van der Waals surface area contributed by atoms with Gasteiger partial charge in [0.05, 0.1) is 4.90 Å². The van der Waals surface area contributed by atoms with E-state index in [-0.39, 0.29) is 4.90 Å². The van der Waals surface area contributed by atoms with Crippen molar-refractivity contribution in [3.63, 3.8) is 0 Å². The third kappa shape index (κ3) is 2.70. The van der Waals surface area contributed by atoms with Crippen molar-refractivity contribution < 1.29 is 13.2 Å². The molecule has 7 nitrogen and oxygen atoms in total. The van der Waals surface area contributed by atoms with Crippen LogP contribution >= 0.6 is 0 Å². The van der Waals surface area contributed by atoms with E-state index in [9.17, 15) is 8.42 Å². The number of ether oxygens (including phenoxy) is 1. The molecule has 0 amide bonds. The largest absolute Gasteiger partial charge is 0.439 e. The van der Waals surface area contributed by atoms with Gasteiger partial charge in [-0.25, -0.2) is 13.4 Å². The van der Waals surface area contributed by atoms with Crippen LogP contribution in [-0.4, -0.2) is 34.3 Å². The average Bonchev–Trinajstić information content (AvgIpc) is 2.86. The normalized spacial score (nSPS) is 11.7. The zero-order valence-corrected chi connectivity index (χ0v) is 12.2. The Morgan fingerprint density at radius 3 is 2.57 bits per heavy atom. The zero-order chi connectivity index (χ0) is 15.0. The number of nitrogens with zero attached hydrogens (tertiary/aromatic N) is 4. The second-order valence-electron chi connectivity index (χ2n) is 4.55. The van der Waals surface area contributed by atoms with Gasteiger partial charge in [0.25, 0.3) is 5.78 Å². The molecular formula is C13H12N4O3S. The van der Waals surface area contributed by atoms with Crippen LogP contribution in [0.4, 0.5) is 0 Å². The lowest BCUT2D eigenvalue weighted by Gasteiger charge is -2.08. The molecule has 0 fully saturated rings. The van der Waals surface area contributed by atoms with Gasteiger partial charge in [-0.3, -0.25) is 0 Å². The van der Waals surface area contributed by atoms with Crippen LogP contribution in [-0.2, 0) is 9.84 Å². The number of rotatable bonds is 3. The molecular weight excluding hydrogens is 292 g/mol. The predicted molar refractivity (Wildman–Crippen MR) is 75.1 cm³/mol. The number of hydrogen-bond donors (Lipinski definition) is 0. The van der Waals surface area contributed by atoms with E-state index in [0.717, 1.165) is 11.9 Å². The summed E-state index contributed by atoms with van der Waals surface area (Å²) >= 11 is 0. The minimum Gasteiger partial charge on any atom is -0.439 e. The molecule has 21 heavy (non-hydrogen) atoms. The van der Waals surface area contributed by atoms with Crippen molar-refractivity contribution in [1.82, 2.24) is 19.6 Å². The molecule has 2 heterocycles. The highest BCUT2D eigenvalue weighted by atomic mass is 32.2. The molecule has 3 aromatic rings. The number of fused-ring (bicyclic) bond motifs is 1. The molecule has 108 valence electrons. The van der Waals surface area contributed by atoms with Gasteiger partial charge in [-0.1, -0.05) is 0 Å². The van der Waals surface area contributed by atoms with Crippen LogP contribution in [0.5, 0.6) is 11.6 Å². The third-order valence-corrected chi connectivity index (χ3v) is 3.95. The van der Waals surface area contributed by atoms with E-state index in [1.54, 1.807) is 18.2 Å². The summed E-state index contributed by atoms with van der Waals surface area (Å²) in [6.07, 6.45) is 2.55. The number of benzene rings is 1. The molecule has 0 N–H and O–H groups in total. The SMILES string of the molecule is Cc1cc(Oc2ccc(S(C)(=O)=O)cc2)n2ncnc2n1. The first-order valence-electron chi connectivity index (χ1n) is 6.09. The van der Waals surface area contributed by atoms with Crippen molar-refractivity contribution in [2.75, 3.05) is 6.26 Å². The lowest BCUT2D eigenvalue weighted by molar-refractivity contribution is 0.445. The first-order chi connectivity index (χ1) is 9.93. The number of aromatic nitrogens is 4. The van der Waals surface area contributed by atoms with E-state index < -0.39 is 9.84 Å². The fourth-order valence-electron chi connectivity index (χ4n) is 1.85. The molecule has 1 aromatic carbocycles. The Bertz CT molecular complexity index is 901. The van der Waals surface area contributed by atoms with Gasteiger partial charge >= 0.3 is 0 Å². The van der Waals surface area contributed by atoms with Crippen molar-refractivity contribution in [3.05, 3.63) is 42.4 Å². The predicted octanol–water partition coefficient (Wildman–Crippen LogP) is 1.63. The Hall–Kier alpha value is -2.48. The van der Waals surface area contributed by atoms with E-state index >= 15 is 0 Å². The molecule has 0 radical (unpaired) electrons. The molecule has 0 saturated carbocycles. The van der Waals surface area contributed by atoms with Crippen LogP contribution in [0.1, 0.15) is 5.69 Å². The van der Waals surface area contributed by atoms with Gasteiger partial charge in [0, 0.05) is 18.0 Å². The first kappa shape index (κ1) is 13.5. The van der Waals surface area contributed by atoms with Gasteiger partial charge in [0.15, 0.2) is 9.84 Å². The quantitative estimate of drug-likeness (QED) is 0.731. The molecule has 0 spiro atoms. The average molecular weight is 304 g/mol. The number of aryl methyl sites for hydroxylation is 1. The molecule has 0 atom stereocenters. The molecule has 0 aliphatic rings. The molecule has 0 saturated heterocycles. The fourth-order valence-corrected chi connectivity index (χ4v) is 2.48. The Kier molecular flexibility index (Phi) is 3.09. The molecule has 0 aliphatic carbocycles. The molecule has 0 aliphatic heterocycles. The Labute approximate surface area is 121 Å². The molecule has 2 aromatic heterocycles. The van der Waals surface area contributed by atoms with Gasteiger partial charge in [0.2, 0.25) is 5.88 Å². The van der Waals surface area contributed by atoms with Crippen LogP contribution in [0, 0.1) is 6.92 Å². The Balaban J connectivity index is 1.97. The summed E-state index contributed by atoms with van der Waals surface area (Å²) in [6.45, 7) is 1.83. The van der Waals surface area contributed by atoms with E-state index in [4.69, 9.17) is 4.74 Å². The summed E-state index contributed by atoms with van der Waals surface area (Å²) in [5.74, 6) is 1.41. The van der Waals surface area contributed by atoms with Gasteiger partial charge in [-0.2, -0.15) is 14.6 Å². The molecule has 8 heteroatoms. The highest BCUT2D eigenvalue weighted by Gasteiger charge is 2.10. The summed E-state index contributed by atoms with van der Waals surface area (Å²) in [6, 6.07) is 7.91. The van der Waals surface area contributed by atoms with Crippen molar-refractivity contribution >= 4 is 15.6 Å². The Morgan fingerprint density at radius 1 is 1.19 bits per heavy atom. The van der Waals surface area contributed by atoms with Crippen LogP contribution in [0.25, 0.3) is 5.78 Å². The fraction of sp³-hybridized carbons (Fsp3) is 0.154. The van der Waals surface area contributed by atoms with E-state index in [1.165, 1.54) is 23.0 Å². The van der Waals surface area contributed by atoms with E-state index in [2.05, 4.69) is 15.1 Å². The minimum absolute atomic E-state index is 0.242. The topological polar surface area (TPSA) is 86.5 Å². The van der Waals surface area contributed by atoms with Gasteiger partial charge in [-0.05, 0) is 31.2 Å². The maximum absolute atomic E-state index is 11.4. The summed E-state index contributed by atoms with van der Waals surface area (Å²) < 4.78 is 30.0. The highest BCUT2D eigenvalue weighted by molar-refractivity contribution is 7.90. The first-order valence-corrected chi connectivity index (χ1v) is 7.98. The summed E-state index contributed by atoms with van der Waals surface area (Å²) in [7, 11) is -3.22. The van der Waals surface area contributed by atoms with Crippen molar-refractivity contribution in [3.8, 4) is 11.6 Å². The number of sulfone groups is 1. The smallest absolute Gasteiger partial charge is 0.255 e. The third-order valence-electron chi connectivity index (χ3n) is 2.82. The second-order valence-corrected chi connectivity index (χ2v) is 6.57. The molecule has 0 bridgehead atoms. The summed E-state index contributed by atoms with van der Waals surface area (Å²) in [5.41, 5.74) is 0.748. The van der Waals surface area contributed by atoms with Crippen molar-refractivity contribution in [1.29, 1.82) is 0 Å². The van der Waals surface area contributed by atoms with E-state index in [1.807, 2.05) is 6.92 Å². The maximum Gasteiger partial charge on any atom is 0.255 e. The Morgan fingerprint density at radius 2 is 1.90 bits per heavy atom. The lowest BCUT2D eigenvalue weighted by atomic mass is 10.3. The van der Waals surface area contributed by atoms with Gasteiger partial charge in [0.1, 0.15) is 12.1 Å². The van der Waals surface area contributed by atoms with Crippen LogP contribution < -0.4 is 4.74 Å². The highest BCUT2D eigenvalue weighted by Crippen LogP contribution is 2.23.